The number of carboxylic acids is 1. The highest BCUT2D eigenvalue weighted by atomic mass is 16.5. The SMILES string of the molecule is CCC(C)(C)C(=O)O[C@H]1C[C@@H](C)C=C2C=CC(C)=C(CC[C@@H](O)C[C@@H](O)CC(=O)[O-])[C@H]21. The molecule has 0 amide bonds. The van der Waals surface area contributed by atoms with Gasteiger partial charge in [0.25, 0.3) is 0 Å². The first-order chi connectivity index (χ1) is 14.4. The molecule has 0 fully saturated rings. The van der Waals surface area contributed by atoms with Crippen LogP contribution in [0.1, 0.15) is 73.1 Å². The Morgan fingerprint density at radius 1 is 1.26 bits per heavy atom. The van der Waals surface area contributed by atoms with Crippen LogP contribution in [-0.4, -0.2) is 40.5 Å². The maximum atomic E-state index is 12.8. The van der Waals surface area contributed by atoms with Crippen LogP contribution in [0.2, 0.25) is 0 Å². The molecule has 2 N–H and O–H groups in total. The highest BCUT2D eigenvalue weighted by molar-refractivity contribution is 5.76. The van der Waals surface area contributed by atoms with Crippen molar-refractivity contribution in [1.29, 1.82) is 0 Å². The summed E-state index contributed by atoms with van der Waals surface area (Å²) in [6.45, 7) is 9.92. The number of aliphatic hydroxyl groups is 2. The lowest BCUT2D eigenvalue weighted by molar-refractivity contribution is -0.307. The van der Waals surface area contributed by atoms with Gasteiger partial charge in [-0.1, -0.05) is 43.2 Å². The molecular formula is C25H37O6-. The minimum atomic E-state index is -1.33. The summed E-state index contributed by atoms with van der Waals surface area (Å²) in [5, 5.41) is 30.7. The molecule has 0 aliphatic heterocycles. The van der Waals surface area contributed by atoms with E-state index in [9.17, 15) is 24.9 Å². The monoisotopic (exact) mass is 433 g/mol. The molecule has 2 rings (SSSR count). The predicted octanol–water partition coefficient (Wildman–Crippen LogP) is 2.84. The number of carboxylic acid groups (broad SMARTS) is 1. The van der Waals surface area contributed by atoms with E-state index in [1.54, 1.807) is 0 Å². The van der Waals surface area contributed by atoms with Crippen LogP contribution in [0.3, 0.4) is 0 Å². The Labute approximate surface area is 185 Å². The number of allylic oxidation sites excluding steroid dienone is 4. The van der Waals surface area contributed by atoms with E-state index < -0.39 is 30.0 Å². The maximum absolute atomic E-state index is 12.8. The van der Waals surface area contributed by atoms with Gasteiger partial charge in [-0.3, -0.25) is 4.79 Å². The number of hydrogen-bond donors (Lipinski definition) is 2. The van der Waals surface area contributed by atoms with Crippen molar-refractivity contribution in [2.24, 2.45) is 17.3 Å². The van der Waals surface area contributed by atoms with Crippen LogP contribution in [-0.2, 0) is 14.3 Å². The number of esters is 1. The zero-order chi connectivity index (χ0) is 23.3. The summed E-state index contributed by atoms with van der Waals surface area (Å²) >= 11 is 0. The first kappa shape index (κ1) is 25.3. The molecule has 31 heavy (non-hydrogen) atoms. The summed E-state index contributed by atoms with van der Waals surface area (Å²) in [5.41, 5.74) is 2.81. The van der Waals surface area contributed by atoms with Gasteiger partial charge in [-0.05, 0) is 64.4 Å². The summed E-state index contributed by atoms with van der Waals surface area (Å²) < 4.78 is 6.06. The minimum absolute atomic E-state index is 0.0103. The van der Waals surface area contributed by atoms with Crippen LogP contribution >= 0.6 is 0 Å². The number of ether oxygens (including phenoxy) is 1. The second-order valence-corrected chi connectivity index (χ2v) is 9.74. The normalized spacial score (nSPS) is 25.5. The van der Waals surface area contributed by atoms with Crippen LogP contribution in [0.15, 0.2) is 34.9 Å². The lowest BCUT2D eigenvalue weighted by Crippen LogP contribution is -2.39. The van der Waals surface area contributed by atoms with Crippen molar-refractivity contribution in [3.05, 3.63) is 34.9 Å². The average molecular weight is 434 g/mol. The van der Waals surface area contributed by atoms with Crippen LogP contribution in [0.25, 0.3) is 0 Å². The average Bonchev–Trinajstić information content (AvgIpc) is 2.66. The van der Waals surface area contributed by atoms with E-state index in [1.807, 2.05) is 27.7 Å². The molecule has 0 spiro atoms. The Bertz CT molecular complexity index is 760. The zero-order valence-corrected chi connectivity index (χ0v) is 19.4. The lowest BCUT2D eigenvalue weighted by atomic mass is 9.71. The second-order valence-electron chi connectivity index (χ2n) is 9.74. The summed E-state index contributed by atoms with van der Waals surface area (Å²) in [7, 11) is 0. The van der Waals surface area contributed by atoms with Crippen LogP contribution < -0.4 is 5.11 Å². The molecule has 5 atom stereocenters. The molecule has 0 aromatic rings. The molecule has 0 aromatic heterocycles. The van der Waals surface area contributed by atoms with Gasteiger partial charge in [0.05, 0.1) is 17.6 Å². The molecule has 174 valence electrons. The lowest BCUT2D eigenvalue weighted by Gasteiger charge is -2.39. The molecular weight excluding hydrogens is 396 g/mol. The molecule has 6 heteroatoms. The number of fused-ring (bicyclic) bond motifs is 1. The van der Waals surface area contributed by atoms with E-state index in [0.29, 0.717) is 25.2 Å². The van der Waals surface area contributed by atoms with E-state index in [4.69, 9.17) is 4.74 Å². The van der Waals surface area contributed by atoms with E-state index in [0.717, 1.165) is 23.1 Å². The molecule has 0 unspecified atom stereocenters. The van der Waals surface area contributed by atoms with Gasteiger partial charge in [0, 0.05) is 18.3 Å². The maximum Gasteiger partial charge on any atom is 0.311 e. The van der Waals surface area contributed by atoms with Gasteiger partial charge in [-0.25, -0.2) is 0 Å². The number of aliphatic hydroxyl groups excluding tert-OH is 2. The second kappa shape index (κ2) is 10.6. The Morgan fingerprint density at radius 3 is 2.55 bits per heavy atom. The van der Waals surface area contributed by atoms with Gasteiger partial charge in [0.15, 0.2) is 0 Å². The number of aliphatic carboxylic acids is 1. The molecule has 0 bridgehead atoms. The van der Waals surface area contributed by atoms with Gasteiger partial charge in [0.2, 0.25) is 0 Å². The summed E-state index contributed by atoms with van der Waals surface area (Å²) in [5.74, 6) is -1.27. The summed E-state index contributed by atoms with van der Waals surface area (Å²) in [4.78, 5) is 23.4. The first-order valence-corrected chi connectivity index (χ1v) is 11.3. The highest BCUT2D eigenvalue weighted by Crippen LogP contribution is 2.43. The molecule has 0 aromatic carbocycles. The van der Waals surface area contributed by atoms with Gasteiger partial charge in [-0.15, -0.1) is 0 Å². The van der Waals surface area contributed by atoms with Crippen LogP contribution in [0, 0.1) is 17.3 Å². The third-order valence-electron chi connectivity index (χ3n) is 6.61. The van der Waals surface area contributed by atoms with Crippen LogP contribution in [0.4, 0.5) is 0 Å². The van der Waals surface area contributed by atoms with Gasteiger partial charge < -0.3 is 24.9 Å². The van der Waals surface area contributed by atoms with Crippen molar-refractivity contribution < 1.29 is 29.6 Å². The van der Waals surface area contributed by atoms with E-state index in [1.165, 1.54) is 0 Å². The quantitative estimate of drug-likeness (QED) is 0.513. The molecule has 6 nitrogen and oxygen atoms in total. The molecule has 0 saturated heterocycles. The van der Waals surface area contributed by atoms with Gasteiger partial charge in [0.1, 0.15) is 6.10 Å². The third kappa shape index (κ3) is 6.78. The smallest absolute Gasteiger partial charge is 0.311 e. The number of hydrogen-bond acceptors (Lipinski definition) is 6. The van der Waals surface area contributed by atoms with Crippen molar-refractivity contribution >= 4 is 11.9 Å². The number of carbonyl (C=O) groups is 2. The van der Waals surface area contributed by atoms with Crippen molar-refractivity contribution in [1.82, 2.24) is 0 Å². The summed E-state index contributed by atoms with van der Waals surface area (Å²) in [6, 6.07) is 0. The van der Waals surface area contributed by atoms with E-state index >= 15 is 0 Å². The fourth-order valence-corrected chi connectivity index (χ4v) is 4.32. The minimum Gasteiger partial charge on any atom is -0.550 e. The Kier molecular flexibility index (Phi) is 8.66. The third-order valence-corrected chi connectivity index (χ3v) is 6.61. The fraction of sp³-hybridized carbons (Fsp3) is 0.680. The topological polar surface area (TPSA) is 107 Å². The molecule has 0 saturated carbocycles. The van der Waals surface area contributed by atoms with Crippen molar-refractivity contribution in [2.75, 3.05) is 0 Å². The Balaban J connectivity index is 2.16. The standard InChI is InChI=1S/C25H38O6/c1-6-25(4,5)24(30)31-21-12-15(2)11-17-8-7-16(3)20(23(17)21)10-9-18(26)13-19(27)14-22(28)29/h7-8,11,15,18-19,21,23,26-27H,6,9-10,12-14H2,1-5H3,(H,28,29)/p-1/t15-,18+,19+,21-,23-/m0/s1. The van der Waals surface area contributed by atoms with E-state index in [2.05, 4.69) is 25.2 Å². The van der Waals surface area contributed by atoms with Crippen molar-refractivity contribution in [3.63, 3.8) is 0 Å². The zero-order valence-electron chi connectivity index (χ0n) is 19.4. The molecule has 0 radical (unpaired) electrons. The largest absolute Gasteiger partial charge is 0.550 e. The fourth-order valence-electron chi connectivity index (χ4n) is 4.32. The Morgan fingerprint density at radius 2 is 1.94 bits per heavy atom. The Hall–Kier alpha value is -1.92. The first-order valence-electron chi connectivity index (χ1n) is 11.3. The summed E-state index contributed by atoms with van der Waals surface area (Å²) in [6.07, 6.45) is 6.08. The molecule has 2 aliphatic carbocycles. The van der Waals surface area contributed by atoms with Crippen molar-refractivity contribution in [3.8, 4) is 0 Å². The predicted molar refractivity (Wildman–Crippen MR) is 117 cm³/mol. The van der Waals surface area contributed by atoms with Gasteiger partial charge >= 0.3 is 5.97 Å². The van der Waals surface area contributed by atoms with E-state index in [-0.39, 0.29) is 24.4 Å². The molecule has 2 aliphatic rings. The number of carbonyl (C=O) groups excluding carboxylic acids is 2. The van der Waals surface area contributed by atoms with Crippen LogP contribution in [0.5, 0.6) is 0 Å². The molecule has 0 heterocycles. The van der Waals surface area contributed by atoms with Crippen molar-refractivity contribution in [2.45, 2.75) is 91.5 Å². The van der Waals surface area contributed by atoms with Gasteiger partial charge in [-0.2, -0.15) is 0 Å². The number of rotatable bonds is 10. The highest BCUT2D eigenvalue weighted by Gasteiger charge is 2.39.